The Hall–Kier alpha value is -1.41. The van der Waals surface area contributed by atoms with E-state index < -0.39 is 12.7 Å². The van der Waals surface area contributed by atoms with Gasteiger partial charge in [0.15, 0.2) is 0 Å². The van der Waals surface area contributed by atoms with E-state index in [4.69, 9.17) is 5.73 Å². The molecular formula is C12H18F3N5. The van der Waals surface area contributed by atoms with Crippen molar-refractivity contribution in [3.8, 4) is 0 Å². The minimum absolute atomic E-state index is 0.404. The highest BCUT2D eigenvalue weighted by molar-refractivity contribution is 5.29. The number of anilines is 1. The Balaban J connectivity index is 1.85. The third-order valence-electron chi connectivity index (χ3n) is 3.15. The fourth-order valence-electron chi connectivity index (χ4n) is 2.29. The Morgan fingerprint density at radius 3 is 2.30 bits per heavy atom. The van der Waals surface area contributed by atoms with Gasteiger partial charge in [-0.05, 0) is 6.92 Å². The SMILES string of the molecule is Cc1cc(N)nc(CN2CCN(CC(F)(F)F)CC2)n1. The van der Waals surface area contributed by atoms with Crippen LogP contribution in [0.3, 0.4) is 0 Å². The number of piperazine rings is 1. The fourth-order valence-corrected chi connectivity index (χ4v) is 2.29. The summed E-state index contributed by atoms with van der Waals surface area (Å²) in [6.07, 6.45) is -4.13. The Morgan fingerprint density at radius 2 is 1.75 bits per heavy atom. The van der Waals surface area contributed by atoms with E-state index in [1.807, 2.05) is 11.8 Å². The van der Waals surface area contributed by atoms with Crippen molar-refractivity contribution >= 4 is 5.82 Å². The molecule has 1 aliphatic rings. The zero-order chi connectivity index (χ0) is 14.8. The maximum absolute atomic E-state index is 12.3. The molecule has 1 fully saturated rings. The van der Waals surface area contributed by atoms with Crippen LogP contribution in [0.1, 0.15) is 11.5 Å². The molecule has 8 heteroatoms. The Labute approximate surface area is 115 Å². The van der Waals surface area contributed by atoms with Crippen molar-refractivity contribution < 1.29 is 13.2 Å². The molecule has 2 N–H and O–H groups in total. The second-order valence-corrected chi connectivity index (χ2v) is 5.02. The minimum Gasteiger partial charge on any atom is -0.384 e. The number of hydrogen-bond donors (Lipinski definition) is 1. The second-order valence-electron chi connectivity index (χ2n) is 5.02. The molecule has 1 aromatic rings. The summed E-state index contributed by atoms with van der Waals surface area (Å²) < 4.78 is 36.9. The van der Waals surface area contributed by atoms with Crippen LogP contribution in [0.25, 0.3) is 0 Å². The zero-order valence-corrected chi connectivity index (χ0v) is 11.3. The average Bonchev–Trinajstić information content (AvgIpc) is 2.28. The molecule has 0 spiro atoms. The molecular weight excluding hydrogens is 271 g/mol. The first-order valence-electron chi connectivity index (χ1n) is 6.43. The predicted octanol–water partition coefficient (Wildman–Crippen LogP) is 1.05. The van der Waals surface area contributed by atoms with Gasteiger partial charge in [-0.3, -0.25) is 9.80 Å². The first-order chi connectivity index (χ1) is 9.32. The molecule has 0 aliphatic carbocycles. The molecule has 1 aliphatic heterocycles. The molecule has 2 rings (SSSR count). The zero-order valence-electron chi connectivity index (χ0n) is 11.3. The monoisotopic (exact) mass is 289 g/mol. The van der Waals surface area contributed by atoms with E-state index in [0.29, 0.717) is 44.4 Å². The molecule has 5 nitrogen and oxygen atoms in total. The number of rotatable bonds is 3. The molecule has 0 amide bonds. The van der Waals surface area contributed by atoms with Gasteiger partial charge < -0.3 is 5.73 Å². The Morgan fingerprint density at radius 1 is 1.15 bits per heavy atom. The number of nitrogen functional groups attached to an aromatic ring is 1. The van der Waals surface area contributed by atoms with Gasteiger partial charge in [0.25, 0.3) is 0 Å². The standard InChI is InChI=1S/C12H18F3N5/c1-9-6-10(16)18-11(17-9)7-19-2-4-20(5-3-19)8-12(13,14)15/h6H,2-5,7-8H2,1H3,(H2,16,17,18). The summed E-state index contributed by atoms with van der Waals surface area (Å²) in [5.41, 5.74) is 6.45. The van der Waals surface area contributed by atoms with Crippen LogP contribution in [0.2, 0.25) is 0 Å². The number of aromatic nitrogens is 2. The maximum Gasteiger partial charge on any atom is 0.401 e. The van der Waals surface area contributed by atoms with Crippen molar-refractivity contribution in [2.75, 3.05) is 38.5 Å². The minimum atomic E-state index is -4.13. The van der Waals surface area contributed by atoms with Crippen LogP contribution in [0.15, 0.2) is 6.07 Å². The smallest absolute Gasteiger partial charge is 0.384 e. The van der Waals surface area contributed by atoms with E-state index in [1.54, 1.807) is 6.07 Å². The third-order valence-corrected chi connectivity index (χ3v) is 3.15. The third kappa shape index (κ3) is 4.61. The van der Waals surface area contributed by atoms with Gasteiger partial charge in [-0.25, -0.2) is 9.97 Å². The van der Waals surface area contributed by atoms with Crippen molar-refractivity contribution in [3.05, 3.63) is 17.6 Å². The lowest BCUT2D eigenvalue weighted by Gasteiger charge is -2.34. The molecule has 0 unspecified atom stereocenters. The normalized spacial score (nSPS) is 18.4. The van der Waals surface area contributed by atoms with Gasteiger partial charge >= 0.3 is 6.18 Å². The maximum atomic E-state index is 12.3. The van der Waals surface area contributed by atoms with Crippen LogP contribution in [-0.4, -0.2) is 58.7 Å². The number of nitrogens with zero attached hydrogens (tertiary/aromatic N) is 4. The van der Waals surface area contributed by atoms with Crippen LogP contribution >= 0.6 is 0 Å². The van der Waals surface area contributed by atoms with Crippen LogP contribution in [0, 0.1) is 6.92 Å². The van der Waals surface area contributed by atoms with E-state index >= 15 is 0 Å². The van der Waals surface area contributed by atoms with E-state index in [1.165, 1.54) is 4.90 Å². The summed E-state index contributed by atoms with van der Waals surface area (Å²) in [7, 11) is 0. The first kappa shape index (κ1) is 15.0. The molecule has 1 aromatic heterocycles. The molecule has 0 radical (unpaired) electrons. The van der Waals surface area contributed by atoms with Crippen LogP contribution in [0.5, 0.6) is 0 Å². The van der Waals surface area contributed by atoms with Gasteiger partial charge in [0, 0.05) is 37.9 Å². The largest absolute Gasteiger partial charge is 0.401 e. The van der Waals surface area contributed by atoms with Crippen LogP contribution < -0.4 is 5.73 Å². The molecule has 0 bridgehead atoms. The summed E-state index contributed by atoms with van der Waals surface area (Å²) >= 11 is 0. The van der Waals surface area contributed by atoms with E-state index in [2.05, 4.69) is 9.97 Å². The van der Waals surface area contributed by atoms with Gasteiger partial charge in [-0.2, -0.15) is 13.2 Å². The molecule has 0 aromatic carbocycles. The van der Waals surface area contributed by atoms with E-state index in [9.17, 15) is 13.2 Å². The van der Waals surface area contributed by atoms with Crippen molar-refractivity contribution in [2.45, 2.75) is 19.6 Å². The summed E-state index contributed by atoms with van der Waals surface area (Å²) in [6, 6.07) is 1.69. The molecule has 112 valence electrons. The number of halogens is 3. The van der Waals surface area contributed by atoms with Crippen LogP contribution in [0.4, 0.5) is 19.0 Å². The highest BCUT2D eigenvalue weighted by Gasteiger charge is 2.32. The van der Waals surface area contributed by atoms with Gasteiger partial charge in [-0.15, -0.1) is 0 Å². The summed E-state index contributed by atoms with van der Waals surface area (Å²) in [6.45, 7) is 3.48. The summed E-state index contributed by atoms with van der Waals surface area (Å²) in [4.78, 5) is 11.9. The summed E-state index contributed by atoms with van der Waals surface area (Å²) in [5.74, 6) is 1.04. The predicted molar refractivity (Wildman–Crippen MR) is 69.0 cm³/mol. The lowest BCUT2D eigenvalue weighted by Crippen LogP contribution is -2.48. The van der Waals surface area contributed by atoms with E-state index in [-0.39, 0.29) is 0 Å². The van der Waals surface area contributed by atoms with Crippen molar-refractivity contribution in [2.24, 2.45) is 0 Å². The topological polar surface area (TPSA) is 58.3 Å². The van der Waals surface area contributed by atoms with Gasteiger partial charge in [0.05, 0.1) is 13.1 Å². The summed E-state index contributed by atoms with van der Waals surface area (Å²) in [5, 5.41) is 0. The Bertz CT molecular complexity index is 435. The molecule has 0 atom stereocenters. The lowest BCUT2D eigenvalue weighted by molar-refractivity contribution is -0.149. The van der Waals surface area contributed by atoms with Crippen LogP contribution in [-0.2, 0) is 6.54 Å². The fraction of sp³-hybridized carbons (Fsp3) is 0.667. The Kier molecular flexibility index (Phi) is 4.44. The van der Waals surface area contributed by atoms with Gasteiger partial charge in [-0.1, -0.05) is 0 Å². The number of alkyl halides is 3. The molecule has 1 saturated heterocycles. The van der Waals surface area contributed by atoms with Gasteiger partial charge in [0.2, 0.25) is 0 Å². The second kappa shape index (κ2) is 5.92. The number of hydrogen-bond acceptors (Lipinski definition) is 5. The van der Waals surface area contributed by atoms with Crippen molar-refractivity contribution in [1.82, 2.24) is 19.8 Å². The quantitative estimate of drug-likeness (QED) is 0.901. The van der Waals surface area contributed by atoms with Gasteiger partial charge in [0.1, 0.15) is 11.6 Å². The number of aryl methyl sites for hydroxylation is 1. The molecule has 0 saturated carbocycles. The highest BCUT2D eigenvalue weighted by Crippen LogP contribution is 2.17. The molecule has 20 heavy (non-hydrogen) atoms. The van der Waals surface area contributed by atoms with Crippen molar-refractivity contribution in [1.29, 1.82) is 0 Å². The molecule has 2 heterocycles. The first-order valence-corrected chi connectivity index (χ1v) is 6.43. The number of nitrogens with two attached hydrogens (primary N) is 1. The van der Waals surface area contributed by atoms with Crippen molar-refractivity contribution in [3.63, 3.8) is 0 Å². The average molecular weight is 289 g/mol. The van der Waals surface area contributed by atoms with E-state index in [0.717, 1.165) is 5.69 Å². The highest BCUT2D eigenvalue weighted by atomic mass is 19.4. The lowest BCUT2D eigenvalue weighted by atomic mass is 10.3.